The lowest BCUT2D eigenvalue weighted by Gasteiger charge is -2.16. The highest BCUT2D eigenvalue weighted by Gasteiger charge is 2.25. The minimum absolute atomic E-state index is 0.1000. The first kappa shape index (κ1) is 14.5. The predicted octanol–water partition coefficient (Wildman–Crippen LogP) is 0.877. The van der Waals surface area contributed by atoms with Crippen molar-refractivity contribution < 1.29 is 19.7 Å². The van der Waals surface area contributed by atoms with Crippen LogP contribution in [0.4, 0.5) is 0 Å². The quantitative estimate of drug-likeness (QED) is 0.848. The molecule has 0 aliphatic rings. The standard InChI is InChI=1S/C14H18N2O4/c1-14(2,19)12(18)7-16-10(8-17)9-5-4-6-11(20-3)13(9)15-16/h4-6,17,19H,7-8H2,1-3H3. The molecule has 0 saturated heterocycles. The lowest BCUT2D eigenvalue weighted by molar-refractivity contribution is -0.134. The first-order valence-corrected chi connectivity index (χ1v) is 6.27. The number of aromatic nitrogens is 2. The molecule has 0 saturated carbocycles. The summed E-state index contributed by atoms with van der Waals surface area (Å²) in [5, 5.41) is 24.3. The normalized spacial score (nSPS) is 11.8. The number of rotatable bonds is 5. The summed E-state index contributed by atoms with van der Waals surface area (Å²) >= 11 is 0. The number of ether oxygens (including phenoxy) is 1. The molecule has 6 heteroatoms. The molecule has 1 aromatic heterocycles. The Hall–Kier alpha value is -1.92. The van der Waals surface area contributed by atoms with Crippen LogP contribution in [0.1, 0.15) is 19.5 Å². The van der Waals surface area contributed by atoms with Crippen molar-refractivity contribution in [3.8, 4) is 5.75 Å². The molecule has 0 aliphatic carbocycles. The number of methoxy groups -OCH3 is 1. The van der Waals surface area contributed by atoms with Gasteiger partial charge in [-0.2, -0.15) is 5.10 Å². The Labute approximate surface area is 116 Å². The zero-order valence-electron chi connectivity index (χ0n) is 11.8. The second-order valence-electron chi connectivity index (χ2n) is 5.10. The van der Waals surface area contributed by atoms with E-state index in [0.29, 0.717) is 17.0 Å². The molecule has 6 nitrogen and oxygen atoms in total. The molecule has 1 aromatic carbocycles. The van der Waals surface area contributed by atoms with E-state index in [1.54, 1.807) is 12.1 Å². The summed E-state index contributed by atoms with van der Waals surface area (Å²) < 4.78 is 6.63. The molecule has 108 valence electrons. The topological polar surface area (TPSA) is 84.6 Å². The van der Waals surface area contributed by atoms with Gasteiger partial charge in [-0.15, -0.1) is 0 Å². The Morgan fingerprint density at radius 1 is 1.45 bits per heavy atom. The zero-order valence-corrected chi connectivity index (χ0v) is 11.8. The van der Waals surface area contributed by atoms with Crippen LogP contribution in [0.2, 0.25) is 0 Å². The first-order valence-electron chi connectivity index (χ1n) is 6.27. The van der Waals surface area contributed by atoms with Crippen molar-refractivity contribution >= 4 is 16.7 Å². The van der Waals surface area contributed by atoms with Gasteiger partial charge in [-0.05, 0) is 19.9 Å². The summed E-state index contributed by atoms with van der Waals surface area (Å²) in [5.74, 6) is 0.200. The van der Waals surface area contributed by atoms with Crippen molar-refractivity contribution in [3.05, 3.63) is 23.9 Å². The molecule has 2 rings (SSSR count). The number of benzene rings is 1. The highest BCUT2D eigenvalue weighted by molar-refractivity contribution is 5.89. The van der Waals surface area contributed by atoms with E-state index >= 15 is 0 Å². The number of Topliss-reactive ketones (excluding diaryl/α,β-unsaturated/α-hetero) is 1. The van der Waals surface area contributed by atoms with Crippen molar-refractivity contribution in [1.82, 2.24) is 9.78 Å². The SMILES string of the molecule is COc1cccc2c(CO)n(CC(=O)C(C)(C)O)nc12. The molecular weight excluding hydrogens is 260 g/mol. The first-order chi connectivity index (χ1) is 9.38. The largest absolute Gasteiger partial charge is 0.494 e. The average Bonchev–Trinajstić information content (AvgIpc) is 2.74. The van der Waals surface area contributed by atoms with Crippen LogP contribution in [0.5, 0.6) is 5.75 Å². The number of fused-ring (bicyclic) bond motifs is 1. The lowest BCUT2D eigenvalue weighted by atomic mass is 10.0. The second kappa shape index (κ2) is 5.22. The molecular formula is C14H18N2O4. The van der Waals surface area contributed by atoms with Gasteiger partial charge in [0.2, 0.25) is 0 Å². The summed E-state index contributed by atoms with van der Waals surface area (Å²) in [6.45, 7) is 2.51. The van der Waals surface area contributed by atoms with Gasteiger partial charge in [0.05, 0.1) is 19.4 Å². The number of carbonyl (C=O) groups is 1. The van der Waals surface area contributed by atoms with Crippen LogP contribution in [0.3, 0.4) is 0 Å². The molecule has 0 atom stereocenters. The Balaban J connectivity index is 2.51. The van der Waals surface area contributed by atoms with E-state index in [0.717, 1.165) is 5.39 Å². The Bertz CT molecular complexity index is 640. The minimum Gasteiger partial charge on any atom is -0.494 e. The number of aliphatic hydroxyl groups is 2. The van der Waals surface area contributed by atoms with E-state index < -0.39 is 5.60 Å². The molecule has 0 bridgehead atoms. The maximum Gasteiger partial charge on any atom is 0.185 e. The molecule has 2 aromatic rings. The smallest absolute Gasteiger partial charge is 0.185 e. The molecule has 0 spiro atoms. The molecule has 0 amide bonds. The fraction of sp³-hybridized carbons (Fsp3) is 0.429. The molecule has 0 unspecified atom stereocenters. The molecule has 1 heterocycles. The fourth-order valence-corrected chi connectivity index (χ4v) is 1.97. The van der Waals surface area contributed by atoms with E-state index in [4.69, 9.17) is 4.74 Å². The van der Waals surface area contributed by atoms with Gasteiger partial charge < -0.3 is 14.9 Å². The summed E-state index contributed by atoms with van der Waals surface area (Å²) in [6.07, 6.45) is 0. The third-order valence-electron chi connectivity index (χ3n) is 3.19. The third-order valence-corrected chi connectivity index (χ3v) is 3.19. The van der Waals surface area contributed by atoms with Crippen LogP contribution in [-0.2, 0) is 17.9 Å². The van der Waals surface area contributed by atoms with E-state index in [1.807, 2.05) is 6.07 Å². The lowest BCUT2D eigenvalue weighted by Crippen LogP contribution is -2.34. The second-order valence-corrected chi connectivity index (χ2v) is 5.10. The number of nitrogens with zero attached hydrogens (tertiary/aromatic N) is 2. The average molecular weight is 278 g/mol. The number of hydrogen-bond donors (Lipinski definition) is 2. The van der Waals surface area contributed by atoms with Crippen LogP contribution < -0.4 is 4.74 Å². The summed E-state index contributed by atoms with van der Waals surface area (Å²) in [4.78, 5) is 11.9. The molecule has 0 fully saturated rings. The Morgan fingerprint density at radius 2 is 2.15 bits per heavy atom. The molecule has 0 aliphatic heterocycles. The number of aliphatic hydroxyl groups excluding tert-OH is 1. The molecule has 0 radical (unpaired) electrons. The van der Waals surface area contributed by atoms with Crippen molar-refractivity contribution in [2.75, 3.05) is 7.11 Å². The van der Waals surface area contributed by atoms with Crippen molar-refractivity contribution in [2.24, 2.45) is 0 Å². The highest BCUT2D eigenvalue weighted by atomic mass is 16.5. The van der Waals surface area contributed by atoms with Gasteiger partial charge in [-0.3, -0.25) is 9.48 Å². The van der Waals surface area contributed by atoms with Crippen LogP contribution in [0.15, 0.2) is 18.2 Å². The summed E-state index contributed by atoms with van der Waals surface area (Å²) in [7, 11) is 1.54. The Kier molecular flexibility index (Phi) is 3.78. The van der Waals surface area contributed by atoms with Gasteiger partial charge in [0.25, 0.3) is 0 Å². The van der Waals surface area contributed by atoms with Crippen LogP contribution in [0.25, 0.3) is 10.9 Å². The van der Waals surface area contributed by atoms with Crippen molar-refractivity contribution in [3.63, 3.8) is 0 Å². The van der Waals surface area contributed by atoms with E-state index in [9.17, 15) is 15.0 Å². The van der Waals surface area contributed by atoms with Crippen LogP contribution in [0, 0.1) is 0 Å². The maximum absolute atomic E-state index is 11.9. The Morgan fingerprint density at radius 3 is 2.70 bits per heavy atom. The van der Waals surface area contributed by atoms with Gasteiger partial charge in [0.15, 0.2) is 5.78 Å². The number of carbonyl (C=O) groups excluding carboxylic acids is 1. The van der Waals surface area contributed by atoms with Crippen molar-refractivity contribution in [1.29, 1.82) is 0 Å². The van der Waals surface area contributed by atoms with E-state index in [-0.39, 0.29) is 18.9 Å². The van der Waals surface area contributed by atoms with Gasteiger partial charge in [0, 0.05) is 5.39 Å². The van der Waals surface area contributed by atoms with E-state index in [1.165, 1.54) is 25.6 Å². The zero-order chi connectivity index (χ0) is 14.9. The number of hydrogen-bond acceptors (Lipinski definition) is 5. The van der Waals surface area contributed by atoms with Gasteiger partial charge >= 0.3 is 0 Å². The van der Waals surface area contributed by atoms with Crippen LogP contribution >= 0.6 is 0 Å². The maximum atomic E-state index is 11.9. The van der Waals surface area contributed by atoms with E-state index in [2.05, 4.69) is 5.10 Å². The molecule has 20 heavy (non-hydrogen) atoms. The van der Waals surface area contributed by atoms with Gasteiger partial charge in [-0.1, -0.05) is 12.1 Å². The fourth-order valence-electron chi connectivity index (χ4n) is 1.97. The van der Waals surface area contributed by atoms with Crippen LogP contribution in [-0.4, -0.2) is 38.5 Å². The highest BCUT2D eigenvalue weighted by Crippen LogP contribution is 2.27. The number of ketones is 1. The third kappa shape index (κ3) is 2.52. The monoisotopic (exact) mass is 278 g/mol. The van der Waals surface area contributed by atoms with Crippen molar-refractivity contribution in [2.45, 2.75) is 32.6 Å². The van der Waals surface area contributed by atoms with Gasteiger partial charge in [0.1, 0.15) is 23.4 Å². The molecule has 2 N–H and O–H groups in total. The predicted molar refractivity (Wildman–Crippen MR) is 73.5 cm³/mol. The summed E-state index contributed by atoms with van der Waals surface area (Å²) in [5.41, 5.74) is -0.325. The minimum atomic E-state index is -1.44. The van der Waals surface area contributed by atoms with Gasteiger partial charge in [-0.25, -0.2) is 0 Å². The summed E-state index contributed by atoms with van der Waals surface area (Å²) in [6, 6.07) is 5.37.